The van der Waals surface area contributed by atoms with E-state index in [9.17, 15) is 8.78 Å². The first-order valence-electron chi connectivity index (χ1n) is 12.7. The summed E-state index contributed by atoms with van der Waals surface area (Å²) >= 11 is 0. The summed E-state index contributed by atoms with van der Waals surface area (Å²) in [5, 5.41) is 0. The lowest BCUT2D eigenvalue weighted by molar-refractivity contribution is 0.281. The van der Waals surface area contributed by atoms with Crippen molar-refractivity contribution in [1.82, 2.24) is 0 Å². The van der Waals surface area contributed by atoms with Gasteiger partial charge < -0.3 is 9.47 Å². The van der Waals surface area contributed by atoms with Gasteiger partial charge in [-0.1, -0.05) is 74.4 Å². The van der Waals surface area contributed by atoms with Gasteiger partial charge >= 0.3 is 0 Å². The molecule has 1 aliphatic rings. The van der Waals surface area contributed by atoms with Crippen molar-refractivity contribution >= 4 is 0 Å². The maximum atomic E-state index is 14.3. The molecule has 0 bridgehead atoms. The Balaban J connectivity index is 1.34. The fraction of sp³-hybridized carbons (Fsp3) is 0.355. The van der Waals surface area contributed by atoms with Crippen LogP contribution in [0.1, 0.15) is 69.4 Å². The molecule has 0 aromatic heterocycles. The van der Waals surface area contributed by atoms with E-state index in [2.05, 4.69) is 31.2 Å². The maximum Gasteiger partial charge on any atom is 0.205 e. The third kappa shape index (κ3) is 6.30. The molecule has 3 aromatic rings. The standard InChI is InChI=1S/C31H34F2O2/c1-3-5-22-6-10-24(11-7-22)26-14-16-27(17-15-26)25-12-8-23(9-13-25)21-35-29-19-18-28(34-20-4-2)30(32)31(29)33/h4,8-9,12-20,22,24H,3,5-7,10-11,21H2,1-2H3. The van der Waals surface area contributed by atoms with Crippen LogP contribution in [0, 0.1) is 17.6 Å². The van der Waals surface area contributed by atoms with E-state index in [0.717, 1.165) is 17.0 Å². The number of allylic oxidation sites excluding steroid dienone is 1. The molecule has 3 aromatic carbocycles. The van der Waals surface area contributed by atoms with E-state index in [1.807, 2.05) is 24.3 Å². The molecule has 2 nitrogen and oxygen atoms in total. The smallest absolute Gasteiger partial charge is 0.205 e. The topological polar surface area (TPSA) is 18.5 Å². The molecule has 1 fully saturated rings. The molecular weight excluding hydrogens is 442 g/mol. The molecule has 0 spiro atoms. The lowest BCUT2D eigenvalue weighted by Crippen LogP contribution is -2.13. The van der Waals surface area contributed by atoms with Gasteiger partial charge in [0.25, 0.3) is 0 Å². The number of halogens is 2. The third-order valence-corrected chi connectivity index (χ3v) is 6.95. The summed E-state index contributed by atoms with van der Waals surface area (Å²) in [7, 11) is 0. The third-order valence-electron chi connectivity index (χ3n) is 6.95. The molecule has 35 heavy (non-hydrogen) atoms. The molecule has 0 atom stereocenters. The summed E-state index contributed by atoms with van der Waals surface area (Å²) < 4.78 is 39.0. The molecule has 0 heterocycles. The van der Waals surface area contributed by atoms with Crippen LogP contribution in [0.2, 0.25) is 0 Å². The number of hydrogen-bond donors (Lipinski definition) is 0. The number of benzene rings is 3. The fourth-order valence-electron chi connectivity index (χ4n) is 4.95. The molecule has 184 valence electrons. The molecule has 4 heteroatoms. The minimum absolute atomic E-state index is 0.140. The average molecular weight is 477 g/mol. The molecule has 0 unspecified atom stereocenters. The summed E-state index contributed by atoms with van der Waals surface area (Å²) in [6.45, 7) is 4.16. The Morgan fingerprint density at radius 1 is 0.800 bits per heavy atom. The lowest BCUT2D eigenvalue weighted by atomic mass is 9.77. The Hall–Kier alpha value is -3.14. The van der Waals surface area contributed by atoms with Crippen LogP contribution in [-0.4, -0.2) is 0 Å². The average Bonchev–Trinajstić information content (AvgIpc) is 2.90. The Morgan fingerprint density at radius 3 is 2.03 bits per heavy atom. The van der Waals surface area contributed by atoms with E-state index in [1.165, 1.54) is 68.0 Å². The Labute approximate surface area is 207 Å². The predicted octanol–water partition coefficient (Wildman–Crippen LogP) is 9.20. The van der Waals surface area contributed by atoms with Crippen molar-refractivity contribution in [3.05, 3.63) is 95.8 Å². The Kier molecular flexibility index (Phi) is 8.57. The largest absolute Gasteiger partial charge is 0.486 e. The highest BCUT2D eigenvalue weighted by atomic mass is 19.2. The van der Waals surface area contributed by atoms with Crippen LogP contribution in [0.4, 0.5) is 8.78 Å². The zero-order valence-corrected chi connectivity index (χ0v) is 20.6. The molecule has 0 aliphatic heterocycles. The highest BCUT2D eigenvalue weighted by Crippen LogP contribution is 2.38. The second-order valence-electron chi connectivity index (χ2n) is 9.39. The van der Waals surface area contributed by atoms with Gasteiger partial charge in [-0.3, -0.25) is 0 Å². The van der Waals surface area contributed by atoms with Crippen LogP contribution >= 0.6 is 0 Å². The van der Waals surface area contributed by atoms with Crippen molar-refractivity contribution in [2.75, 3.05) is 0 Å². The first kappa shape index (κ1) is 25.0. The van der Waals surface area contributed by atoms with Crippen molar-refractivity contribution in [3.63, 3.8) is 0 Å². The summed E-state index contributed by atoms with van der Waals surface area (Å²) in [4.78, 5) is 0. The summed E-state index contributed by atoms with van der Waals surface area (Å²) in [5.74, 6) is -0.821. The summed E-state index contributed by atoms with van der Waals surface area (Å²) in [6, 6.07) is 19.7. The zero-order chi connectivity index (χ0) is 24.6. The van der Waals surface area contributed by atoms with Crippen LogP contribution in [0.3, 0.4) is 0 Å². The lowest BCUT2D eigenvalue weighted by Gasteiger charge is -2.28. The second kappa shape index (κ2) is 12.0. The van der Waals surface area contributed by atoms with Crippen LogP contribution in [0.25, 0.3) is 11.1 Å². The monoisotopic (exact) mass is 476 g/mol. The van der Waals surface area contributed by atoms with Gasteiger partial charge in [0.05, 0.1) is 6.26 Å². The molecule has 0 amide bonds. The van der Waals surface area contributed by atoms with Gasteiger partial charge in [0, 0.05) is 0 Å². The highest BCUT2D eigenvalue weighted by molar-refractivity contribution is 5.64. The fourth-order valence-corrected chi connectivity index (χ4v) is 4.95. The van der Waals surface area contributed by atoms with Crippen molar-refractivity contribution in [1.29, 1.82) is 0 Å². The molecular formula is C31H34F2O2. The predicted molar refractivity (Wildman–Crippen MR) is 138 cm³/mol. The minimum Gasteiger partial charge on any atom is -0.486 e. The first-order valence-corrected chi connectivity index (χ1v) is 12.7. The molecule has 1 aliphatic carbocycles. The minimum atomic E-state index is -1.06. The van der Waals surface area contributed by atoms with E-state index < -0.39 is 11.6 Å². The van der Waals surface area contributed by atoms with Gasteiger partial charge in [0.15, 0.2) is 11.5 Å². The van der Waals surface area contributed by atoms with Crippen molar-refractivity contribution in [2.45, 2.75) is 64.9 Å². The van der Waals surface area contributed by atoms with Gasteiger partial charge in [-0.15, -0.1) is 0 Å². The van der Waals surface area contributed by atoms with Gasteiger partial charge in [-0.25, -0.2) is 0 Å². The maximum absolute atomic E-state index is 14.3. The highest BCUT2D eigenvalue weighted by Gasteiger charge is 2.21. The van der Waals surface area contributed by atoms with Crippen LogP contribution in [-0.2, 0) is 6.61 Å². The van der Waals surface area contributed by atoms with Gasteiger partial charge in [-0.2, -0.15) is 8.78 Å². The quantitative estimate of drug-likeness (QED) is 0.287. The van der Waals surface area contributed by atoms with Crippen molar-refractivity contribution < 1.29 is 18.3 Å². The molecule has 4 rings (SSSR count). The molecule has 1 saturated carbocycles. The van der Waals surface area contributed by atoms with Crippen molar-refractivity contribution in [3.8, 4) is 22.6 Å². The molecule has 0 radical (unpaired) electrons. The zero-order valence-electron chi connectivity index (χ0n) is 20.6. The number of hydrogen-bond acceptors (Lipinski definition) is 2. The number of rotatable bonds is 9. The summed E-state index contributed by atoms with van der Waals surface area (Å²) in [6.07, 6.45) is 10.9. The van der Waals surface area contributed by atoms with E-state index in [-0.39, 0.29) is 18.1 Å². The Bertz CT molecular complexity index is 1110. The molecule has 0 saturated heterocycles. The van der Waals surface area contributed by atoms with E-state index >= 15 is 0 Å². The first-order chi connectivity index (χ1) is 17.1. The van der Waals surface area contributed by atoms with Crippen LogP contribution < -0.4 is 9.47 Å². The van der Waals surface area contributed by atoms with Gasteiger partial charge in [0.2, 0.25) is 11.6 Å². The summed E-state index contributed by atoms with van der Waals surface area (Å²) in [5.41, 5.74) is 4.62. The Morgan fingerprint density at radius 2 is 1.40 bits per heavy atom. The van der Waals surface area contributed by atoms with Crippen LogP contribution in [0.15, 0.2) is 73.0 Å². The SMILES string of the molecule is CC=COc1ccc(OCc2ccc(-c3ccc(C4CCC(CCC)CC4)cc3)cc2)c(F)c1F. The molecule has 0 N–H and O–H groups in total. The van der Waals surface area contributed by atoms with Gasteiger partial charge in [-0.05, 0) is 78.8 Å². The second-order valence-corrected chi connectivity index (χ2v) is 9.39. The number of ether oxygens (including phenoxy) is 2. The van der Waals surface area contributed by atoms with E-state index in [0.29, 0.717) is 5.92 Å². The normalized spacial score (nSPS) is 18.1. The van der Waals surface area contributed by atoms with Crippen molar-refractivity contribution in [2.24, 2.45) is 5.92 Å². The van der Waals surface area contributed by atoms with E-state index in [1.54, 1.807) is 13.0 Å². The van der Waals surface area contributed by atoms with Gasteiger partial charge in [0.1, 0.15) is 6.61 Å². The van der Waals surface area contributed by atoms with E-state index in [4.69, 9.17) is 9.47 Å². The van der Waals surface area contributed by atoms with Crippen LogP contribution in [0.5, 0.6) is 11.5 Å².